The van der Waals surface area contributed by atoms with E-state index in [4.69, 9.17) is 14.9 Å². The summed E-state index contributed by atoms with van der Waals surface area (Å²) in [4.78, 5) is 10.7. The Morgan fingerprint density at radius 1 is 1.55 bits per heavy atom. The van der Waals surface area contributed by atoms with Crippen LogP contribution in [0.15, 0.2) is 0 Å². The maximum atomic E-state index is 10.7. The Bertz CT molecular complexity index is 122. The molecule has 0 aliphatic heterocycles. The van der Waals surface area contributed by atoms with Gasteiger partial charge in [-0.25, -0.2) is 0 Å². The summed E-state index contributed by atoms with van der Waals surface area (Å²) in [6.07, 6.45) is -1.32. The van der Waals surface area contributed by atoms with Gasteiger partial charge in [-0.05, 0) is 13.8 Å². The Labute approximate surface area is 65.8 Å². The summed E-state index contributed by atoms with van der Waals surface area (Å²) in [6, 6.07) is 0. The number of hydrogen-bond donors (Lipinski definition) is 2. The minimum atomic E-state index is -0.999. The summed E-state index contributed by atoms with van der Waals surface area (Å²) >= 11 is 0. The van der Waals surface area contributed by atoms with E-state index in [9.17, 15) is 4.79 Å². The second-order valence-corrected chi connectivity index (χ2v) is 2.58. The summed E-state index contributed by atoms with van der Waals surface area (Å²) in [5.74, 6) is -0.485. The number of ether oxygens (including phenoxy) is 1. The molecule has 0 spiro atoms. The first kappa shape index (κ1) is 10.4. The van der Waals surface area contributed by atoms with Crippen LogP contribution in [0.5, 0.6) is 0 Å². The molecule has 11 heavy (non-hydrogen) atoms. The van der Waals surface area contributed by atoms with Crippen LogP contribution in [0.25, 0.3) is 0 Å². The average Bonchev–Trinajstić information content (AvgIpc) is 1.85. The van der Waals surface area contributed by atoms with Crippen LogP contribution in [0.3, 0.4) is 0 Å². The molecule has 0 aromatic carbocycles. The zero-order valence-electron chi connectivity index (χ0n) is 6.78. The lowest BCUT2D eigenvalue weighted by Gasteiger charge is -2.09. The second kappa shape index (κ2) is 5.09. The highest BCUT2D eigenvalue weighted by Gasteiger charge is 2.11. The maximum Gasteiger partial charge on any atom is 0.308 e. The quantitative estimate of drug-likeness (QED) is 0.556. The molecule has 0 radical (unpaired) electrons. The Morgan fingerprint density at radius 3 is 2.45 bits per heavy atom. The van der Waals surface area contributed by atoms with E-state index in [0.717, 1.165) is 0 Å². The molecule has 66 valence electrons. The van der Waals surface area contributed by atoms with Crippen molar-refractivity contribution in [2.45, 2.75) is 32.5 Å². The predicted molar refractivity (Wildman–Crippen MR) is 38.9 cm³/mol. The third-order valence-corrected chi connectivity index (χ3v) is 0.980. The minimum Gasteiger partial charge on any atom is -0.463 e. The van der Waals surface area contributed by atoms with Gasteiger partial charge in [0, 0.05) is 0 Å². The third-order valence-electron chi connectivity index (χ3n) is 0.980. The summed E-state index contributed by atoms with van der Waals surface area (Å²) in [5.41, 5.74) is 0. The first-order valence-electron chi connectivity index (χ1n) is 3.54. The van der Waals surface area contributed by atoms with Crippen molar-refractivity contribution in [3.05, 3.63) is 0 Å². The molecule has 0 heterocycles. The molecule has 4 heteroatoms. The molecule has 2 N–H and O–H groups in total. The van der Waals surface area contributed by atoms with Gasteiger partial charge in [0.15, 0.2) is 0 Å². The highest BCUT2D eigenvalue weighted by molar-refractivity contribution is 5.70. The van der Waals surface area contributed by atoms with Crippen LogP contribution in [0, 0.1) is 0 Å². The van der Waals surface area contributed by atoms with Crippen molar-refractivity contribution in [2.75, 3.05) is 6.61 Å². The number of hydrogen-bond acceptors (Lipinski definition) is 4. The van der Waals surface area contributed by atoms with E-state index in [2.05, 4.69) is 0 Å². The van der Waals surface area contributed by atoms with Gasteiger partial charge in [0.1, 0.15) is 0 Å². The molecule has 0 fully saturated rings. The van der Waals surface area contributed by atoms with E-state index in [-0.39, 0.29) is 12.5 Å². The number of aliphatic hydroxyl groups excluding tert-OH is 2. The zero-order valence-corrected chi connectivity index (χ0v) is 6.78. The van der Waals surface area contributed by atoms with Crippen molar-refractivity contribution in [1.29, 1.82) is 0 Å². The van der Waals surface area contributed by atoms with E-state index in [1.54, 1.807) is 13.8 Å². The summed E-state index contributed by atoms with van der Waals surface area (Å²) in [7, 11) is 0. The highest BCUT2D eigenvalue weighted by atomic mass is 16.5. The fourth-order valence-corrected chi connectivity index (χ4v) is 0.568. The van der Waals surface area contributed by atoms with E-state index >= 15 is 0 Å². The maximum absolute atomic E-state index is 10.7. The van der Waals surface area contributed by atoms with Crippen LogP contribution >= 0.6 is 0 Å². The van der Waals surface area contributed by atoms with Gasteiger partial charge in [-0.2, -0.15) is 0 Å². The summed E-state index contributed by atoms with van der Waals surface area (Å²) < 4.78 is 4.71. The minimum absolute atomic E-state index is 0.144. The van der Waals surface area contributed by atoms with Crippen molar-refractivity contribution in [3.8, 4) is 0 Å². The fourth-order valence-electron chi connectivity index (χ4n) is 0.568. The Balaban J connectivity index is 3.52. The van der Waals surface area contributed by atoms with Crippen molar-refractivity contribution < 1.29 is 19.7 Å². The molecule has 0 saturated heterocycles. The van der Waals surface area contributed by atoms with E-state index in [1.807, 2.05) is 0 Å². The topological polar surface area (TPSA) is 66.8 Å². The smallest absolute Gasteiger partial charge is 0.308 e. The molecule has 0 aromatic heterocycles. The molecular weight excluding hydrogens is 148 g/mol. The van der Waals surface area contributed by atoms with Gasteiger partial charge >= 0.3 is 5.97 Å². The lowest BCUT2D eigenvalue weighted by atomic mass is 10.3. The molecule has 0 bridgehead atoms. The highest BCUT2D eigenvalue weighted by Crippen LogP contribution is 1.96. The summed E-state index contributed by atoms with van der Waals surface area (Å²) in [6.45, 7) is 3.04. The molecule has 0 aromatic rings. The number of carbonyl (C=O) groups is 1. The number of esters is 1. The van der Waals surface area contributed by atoms with Crippen LogP contribution in [-0.4, -0.2) is 35.0 Å². The molecule has 0 rings (SSSR count). The fraction of sp³-hybridized carbons (Fsp3) is 0.857. The Morgan fingerprint density at radius 2 is 2.09 bits per heavy atom. The lowest BCUT2D eigenvalue weighted by Crippen LogP contribution is -2.21. The van der Waals surface area contributed by atoms with Gasteiger partial charge in [-0.1, -0.05) is 0 Å². The average molecular weight is 162 g/mol. The van der Waals surface area contributed by atoms with Crippen molar-refractivity contribution >= 4 is 5.97 Å². The Kier molecular flexibility index (Phi) is 4.81. The van der Waals surface area contributed by atoms with E-state index < -0.39 is 18.7 Å². The van der Waals surface area contributed by atoms with Gasteiger partial charge in [0.25, 0.3) is 0 Å². The van der Waals surface area contributed by atoms with Crippen molar-refractivity contribution in [3.63, 3.8) is 0 Å². The van der Waals surface area contributed by atoms with Gasteiger partial charge in [0.2, 0.25) is 0 Å². The second-order valence-electron chi connectivity index (χ2n) is 2.58. The van der Waals surface area contributed by atoms with Gasteiger partial charge in [-0.3, -0.25) is 4.79 Å². The number of rotatable bonds is 4. The first-order valence-corrected chi connectivity index (χ1v) is 3.54. The van der Waals surface area contributed by atoms with Crippen LogP contribution < -0.4 is 0 Å². The monoisotopic (exact) mass is 162 g/mol. The molecule has 0 aliphatic carbocycles. The molecule has 0 saturated carbocycles. The molecular formula is C7H14O4. The zero-order chi connectivity index (χ0) is 8.85. The van der Waals surface area contributed by atoms with Crippen LogP contribution in [0.4, 0.5) is 0 Å². The predicted octanol–water partition coefficient (Wildman–Crippen LogP) is -0.319. The normalized spacial score (nSPS) is 13.2. The van der Waals surface area contributed by atoms with E-state index in [0.29, 0.717) is 0 Å². The number of aliphatic hydroxyl groups is 2. The molecule has 0 unspecified atom stereocenters. The SMILES string of the molecule is CC(C)OC(=O)C[C@@H](O)CO. The standard InChI is InChI=1S/C7H14O4/c1-5(2)11-7(10)3-6(9)4-8/h5-6,8-9H,3-4H2,1-2H3/t6-/m1/s1. The molecule has 0 amide bonds. The third kappa shape index (κ3) is 5.82. The van der Waals surface area contributed by atoms with Crippen molar-refractivity contribution in [2.24, 2.45) is 0 Å². The largest absolute Gasteiger partial charge is 0.463 e. The van der Waals surface area contributed by atoms with Crippen LogP contribution in [-0.2, 0) is 9.53 Å². The molecule has 0 aliphatic rings. The van der Waals surface area contributed by atoms with Gasteiger partial charge < -0.3 is 14.9 Å². The summed E-state index contributed by atoms with van der Waals surface area (Å²) in [5, 5.41) is 17.2. The lowest BCUT2D eigenvalue weighted by molar-refractivity contribution is -0.150. The van der Waals surface area contributed by atoms with Gasteiger partial charge in [-0.15, -0.1) is 0 Å². The Hall–Kier alpha value is -0.610. The molecule has 4 nitrogen and oxygen atoms in total. The van der Waals surface area contributed by atoms with Crippen LogP contribution in [0.1, 0.15) is 20.3 Å². The number of carbonyl (C=O) groups excluding carboxylic acids is 1. The van der Waals surface area contributed by atoms with Gasteiger partial charge in [0.05, 0.1) is 25.2 Å². The first-order chi connectivity index (χ1) is 5.06. The molecule has 1 atom stereocenters. The van der Waals surface area contributed by atoms with Crippen molar-refractivity contribution in [1.82, 2.24) is 0 Å². The van der Waals surface area contributed by atoms with E-state index in [1.165, 1.54) is 0 Å². The van der Waals surface area contributed by atoms with Crippen LogP contribution in [0.2, 0.25) is 0 Å².